The van der Waals surface area contributed by atoms with E-state index < -0.39 is 17.9 Å². The summed E-state index contributed by atoms with van der Waals surface area (Å²) in [6, 6.07) is 7.62. The highest BCUT2D eigenvalue weighted by Crippen LogP contribution is 2.20. The van der Waals surface area contributed by atoms with Gasteiger partial charge >= 0.3 is 0 Å². The molecule has 2 rings (SSSR count). The third-order valence-corrected chi connectivity index (χ3v) is 4.14. The maximum absolute atomic E-state index is 12.3. The molecular formula is C15H12Br2ClN3O2. The molecular weight excluding hydrogens is 449 g/mol. The lowest BCUT2D eigenvalue weighted by Gasteiger charge is -2.16. The van der Waals surface area contributed by atoms with Crippen LogP contribution < -0.4 is 11.1 Å². The smallest absolute Gasteiger partial charge is 0.252 e. The van der Waals surface area contributed by atoms with E-state index in [0.29, 0.717) is 10.7 Å². The van der Waals surface area contributed by atoms with Crippen LogP contribution >= 0.6 is 43.5 Å². The second-order valence-corrected chi connectivity index (χ2v) is 7.00. The van der Waals surface area contributed by atoms with E-state index in [-0.39, 0.29) is 6.42 Å². The number of nitrogens with zero attached hydrogens (tertiary/aromatic N) is 1. The van der Waals surface area contributed by atoms with E-state index in [1.807, 2.05) is 6.07 Å². The highest BCUT2D eigenvalue weighted by molar-refractivity contribution is 9.11. The van der Waals surface area contributed by atoms with E-state index in [4.69, 9.17) is 17.3 Å². The van der Waals surface area contributed by atoms with Crippen molar-refractivity contribution >= 4 is 55.3 Å². The van der Waals surface area contributed by atoms with Crippen LogP contribution in [0.25, 0.3) is 0 Å². The fourth-order valence-electron chi connectivity index (χ4n) is 1.91. The molecule has 0 aliphatic carbocycles. The van der Waals surface area contributed by atoms with E-state index in [1.165, 1.54) is 0 Å². The van der Waals surface area contributed by atoms with Crippen LogP contribution in [0.1, 0.15) is 15.9 Å². The highest BCUT2D eigenvalue weighted by Gasteiger charge is 2.20. The van der Waals surface area contributed by atoms with Crippen LogP contribution in [0.3, 0.4) is 0 Å². The van der Waals surface area contributed by atoms with Crippen molar-refractivity contribution in [3.05, 3.63) is 61.8 Å². The molecule has 0 bridgehead atoms. The zero-order valence-corrected chi connectivity index (χ0v) is 15.7. The van der Waals surface area contributed by atoms with E-state index in [1.54, 1.807) is 30.5 Å². The van der Waals surface area contributed by atoms with E-state index in [0.717, 1.165) is 14.5 Å². The molecule has 1 aromatic carbocycles. The Morgan fingerprint density at radius 1 is 1.22 bits per heavy atom. The van der Waals surface area contributed by atoms with Gasteiger partial charge in [-0.1, -0.05) is 49.5 Å². The second kappa shape index (κ2) is 7.90. The fourth-order valence-corrected chi connectivity index (χ4v) is 3.32. The predicted molar refractivity (Wildman–Crippen MR) is 95.2 cm³/mol. The van der Waals surface area contributed by atoms with Crippen LogP contribution in [0.4, 0.5) is 0 Å². The maximum Gasteiger partial charge on any atom is 0.252 e. The van der Waals surface area contributed by atoms with Crippen LogP contribution in [0, 0.1) is 0 Å². The fraction of sp³-hybridized carbons (Fsp3) is 0.133. The summed E-state index contributed by atoms with van der Waals surface area (Å²) >= 11 is 12.4. The third-order valence-electron chi connectivity index (χ3n) is 3.00. The highest BCUT2D eigenvalue weighted by atomic mass is 79.9. The Bertz CT molecular complexity index is 718. The number of hydrogen-bond donors (Lipinski definition) is 2. The summed E-state index contributed by atoms with van der Waals surface area (Å²) < 4.78 is 1.49. The summed E-state index contributed by atoms with van der Waals surface area (Å²) in [5, 5.41) is 2.99. The van der Waals surface area contributed by atoms with Crippen molar-refractivity contribution in [3.63, 3.8) is 0 Å². The lowest BCUT2D eigenvalue weighted by molar-refractivity contribution is -0.119. The van der Waals surface area contributed by atoms with Crippen molar-refractivity contribution in [3.8, 4) is 0 Å². The number of pyridine rings is 1. The Morgan fingerprint density at radius 3 is 2.39 bits per heavy atom. The molecule has 2 amide bonds. The molecule has 0 unspecified atom stereocenters. The maximum atomic E-state index is 12.3. The van der Waals surface area contributed by atoms with Gasteiger partial charge in [0.25, 0.3) is 5.91 Å². The zero-order valence-electron chi connectivity index (χ0n) is 11.7. The van der Waals surface area contributed by atoms with Gasteiger partial charge in [0.2, 0.25) is 5.91 Å². The van der Waals surface area contributed by atoms with Crippen molar-refractivity contribution in [2.75, 3.05) is 0 Å². The molecule has 0 spiro atoms. The van der Waals surface area contributed by atoms with Crippen LogP contribution in [0.15, 0.2) is 45.5 Å². The van der Waals surface area contributed by atoms with E-state index >= 15 is 0 Å². The number of nitrogens with one attached hydrogen (secondary N) is 1. The minimum absolute atomic E-state index is 0.237. The topological polar surface area (TPSA) is 85.1 Å². The number of aromatic nitrogens is 1. The Hall–Kier alpha value is -1.44. The molecule has 1 heterocycles. The number of halogens is 3. The van der Waals surface area contributed by atoms with Crippen LogP contribution in [-0.4, -0.2) is 22.8 Å². The van der Waals surface area contributed by atoms with Gasteiger partial charge in [-0.15, -0.1) is 0 Å². The zero-order chi connectivity index (χ0) is 17.0. The molecule has 1 aromatic heterocycles. The van der Waals surface area contributed by atoms with Gasteiger partial charge in [0.05, 0.1) is 0 Å². The standard InChI is InChI=1S/C15H12Br2ClN3O2/c16-10-4-9(5-11(17)6-10)15(23)21-12(14(19)22)3-8-1-2-13(18)20-7-8/h1-2,4-7,12H,3H2,(H2,19,22)(H,21,23)/t12-/m1/s1. The summed E-state index contributed by atoms with van der Waals surface area (Å²) in [5.74, 6) is -1.01. The first kappa shape index (κ1) is 17.9. The molecule has 0 radical (unpaired) electrons. The van der Waals surface area contributed by atoms with Crippen molar-refractivity contribution in [1.82, 2.24) is 10.3 Å². The minimum Gasteiger partial charge on any atom is -0.368 e. The van der Waals surface area contributed by atoms with E-state index in [2.05, 4.69) is 42.2 Å². The predicted octanol–water partition coefficient (Wildman–Crippen LogP) is 3.09. The molecule has 0 saturated heterocycles. The normalized spacial score (nSPS) is 11.8. The summed E-state index contributed by atoms with van der Waals surface area (Å²) in [6.45, 7) is 0. The molecule has 0 saturated carbocycles. The number of carbonyl (C=O) groups excluding carboxylic acids is 2. The van der Waals surface area contributed by atoms with Crippen molar-refractivity contribution < 1.29 is 9.59 Å². The number of rotatable bonds is 5. The first-order valence-corrected chi connectivity index (χ1v) is 8.48. The summed E-state index contributed by atoms with van der Waals surface area (Å²) in [6.07, 6.45) is 1.78. The Balaban J connectivity index is 2.14. The second-order valence-electron chi connectivity index (χ2n) is 4.78. The molecule has 0 aliphatic heterocycles. The lowest BCUT2D eigenvalue weighted by Crippen LogP contribution is -2.45. The van der Waals surface area contributed by atoms with Gasteiger partial charge in [-0.3, -0.25) is 9.59 Å². The van der Waals surface area contributed by atoms with Crippen LogP contribution in [-0.2, 0) is 11.2 Å². The molecule has 0 fully saturated rings. The third kappa shape index (κ3) is 5.30. The van der Waals surface area contributed by atoms with Gasteiger partial charge in [-0.05, 0) is 29.8 Å². The lowest BCUT2D eigenvalue weighted by atomic mass is 10.1. The average Bonchev–Trinajstić information content (AvgIpc) is 2.47. The molecule has 5 nitrogen and oxygen atoms in total. The van der Waals surface area contributed by atoms with Gasteiger partial charge in [-0.25, -0.2) is 4.98 Å². The van der Waals surface area contributed by atoms with Crippen LogP contribution in [0.5, 0.6) is 0 Å². The summed E-state index contributed by atoms with van der Waals surface area (Å²) in [5.41, 5.74) is 6.54. The molecule has 3 N–H and O–H groups in total. The molecule has 120 valence electrons. The average molecular weight is 462 g/mol. The van der Waals surface area contributed by atoms with Gasteiger partial charge in [0, 0.05) is 27.1 Å². The Labute approximate surface area is 154 Å². The van der Waals surface area contributed by atoms with Gasteiger partial charge in [0.1, 0.15) is 11.2 Å². The molecule has 8 heteroatoms. The largest absolute Gasteiger partial charge is 0.368 e. The number of nitrogens with two attached hydrogens (primary N) is 1. The summed E-state index contributed by atoms with van der Waals surface area (Å²) in [4.78, 5) is 27.9. The van der Waals surface area contributed by atoms with Crippen molar-refractivity contribution in [2.24, 2.45) is 5.73 Å². The van der Waals surface area contributed by atoms with Gasteiger partial charge < -0.3 is 11.1 Å². The summed E-state index contributed by atoms with van der Waals surface area (Å²) in [7, 11) is 0. The first-order valence-electron chi connectivity index (χ1n) is 6.52. The molecule has 1 atom stereocenters. The van der Waals surface area contributed by atoms with Gasteiger partial charge in [0.15, 0.2) is 0 Å². The Morgan fingerprint density at radius 2 is 1.87 bits per heavy atom. The number of primary amides is 1. The quantitative estimate of drug-likeness (QED) is 0.671. The SMILES string of the molecule is NC(=O)[C@@H](Cc1ccc(Cl)nc1)NC(=O)c1cc(Br)cc(Br)c1. The Kier molecular flexibility index (Phi) is 6.15. The number of benzene rings is 1. The monoisotopic (exact) mass is 459 g/mol. The van der Waals surface area contributed by atoms with Crippen molar-refractivity contribution in [1.29, 1.82) is 0 Å². The van der Waals surface area contributed by atoms with E-state index in [9.17, 15) is 9.59 Å². The van der Waals surface area contributed by atoms with Gasteiger partial charge in [-0.2, -0.15) is 0 Å². The molecule has 23 heavy (non-hydrogen) atoms. The number of amides is 2. The first-order chi connectivity index (χ1) is 10.8. The molecule has 2 aromatic rings. The number of hydrogen-bond acceptors (Lipinski definition) is 3. The number of carbonyl (C=O) groups is 2. The molecule has 0 aliphatic rings. The minimum atomic E-state index is -0.844. The van der Waals surface area contributed by atoms with Crippen molar-refractivity contribution in [2.45, 2.75) is 12.5 Å². The van der Waals surface area contributed by atoms with Crippen LogP contribution in [0.2, 0.25) is 5.15 Å².